The smallest absolute Gasteiger partial charge is 0.0295 e. The highest BCUT2D eigenvalue weighted by Gasteiger charge is 2.34. The van der Waals surface area contributed by atoms with E-state index in [-0.39, 0.29) is 0 Å². The second-order valence-electron chi connectivity index (χ2n) is 6.04. The number of hydrogen-bond donors (Lipinski definition) is 1. The summed E-state index contributed by atoms with van der Waals surface area (Å²) < 4.78 is 0. The fourth-order valence-corrected chi connectivity index (χ4v) is 3.43. The van der Waals surface area contributed by atoms with E-state index in [1.165, 1.54) is 43.6 Å². The molecule has 2 nitrogen and oxygen atoms in total. The number of nitrogens with one attached hydrogen (secondary N) is 1. The van der Waals surface area contributed by atoms with E-state index >= 15 is 0 Å². The molecule has 3 fully saturated rings. The highest BCUT2D eigenvalue weighted by atomic mass is 15.2. The summed E-state index contributed by atoms with van der Waals surface area (Å²) in [4.78, 5) is 2.61. The van der Waals surface area contributed by atoms with Gasteiger partial charge in [0, 0.05) is 18.6 Å². The van der Waals surface area contributed by atoms with Crippen LogP contribution in [0.1, 0.15) is 36.9 Å². The van der Waals surface area contributed by atoms with Gasteiger partial charge in [0.15, 0.2) is 0 Å². The Labute approximate surface area is 110 Å². The third-order valence-electron chi connectivity index (χ3n) is 4.70. The molecule has 2 bridgehead atoms. The second kappa shape index (κ2) is 5.02. The fraction of sp³-hybridized carbons (Fsp3) is 0.625. The van der Waals surface area contributed by atoms with Gasteiger partial charge in [-0.15, -0.1) is 0 Å². The molecule has 4 rings (SSSR count). The molecule has 0 amide bonds. The van der Waals surface area contributed by atoms with Crippen molar-refractivity contribution in [2.24, 2.45) is 5.92 Å². The van der Waals surface area contributed by atoms with E-state index < -0.39 is 0 Å². The molecule has 2 atom stereocenters. The Morgan fingerprint density at radius 3 is 2.39 bits per heavy atom. The summed E-state index contributed by atoms with van der Waals surface area (Å²) in [5.41, 5.74) is 2.76. The molecule has 0 spiro atoms. The van der Waals surface area contributed by atoms with E-state index in [9.17, 15) is 0 Å². The summed E-state index contributed by atoms with van der Waals surface area (Å²) in [7, 11) is 0. The minimum atomic E-state index is 0.469. The minimum absolute atomic E-state index is 0.469. The van der Waals surface area contributed by atoms with Crippen LogP contribution in [0, 0.1) is 12.8 Å². The molecule has 1 aromatic rings. The van der Waals surface area contributed by atoms with Gasteiger partial charge >= 0.3 is 0 Å². The Kier molecular flexibility index (Phi) is 3.40. The molecule has 3 aliphatic rings. The predicted molar refractivity (Wildman–Crippen MR) is 75.7 cm³/mol. The van der Waals surface area contributed by atoms with Crippen molar-refractivity contribution in [3.63, 3.8) is 0 Å². The first-order valence-electron chi connectivity index (χ1n) is 7.27. The first-order chi connectivity index (χ1) is 8.72. The van der Waals surface area contributed by atoms with Gasteiger partial charge in [0.05, 0.1) is 0 Å². The first kappa shape index (κ1) is 12.2. The van der Waals surface area contributed by atoms with E-state index in [2.05, 4.69) is 48.3 Å². The van der Waals surface area contributed by atoms with Crippen molar-refractivity contribution in [1.82, 2.24) is 10.2 Å². The average Bonchev–Trinajstić information content (AvgIpc) is 2.41. The lowest BCUT2D eigenvalue weighted by Gasteiger charge is -2.46. The third kappa shape index (κ3) is 2.45. The number of aryl methyl sites for hydroxylation is 1. The van der Waals surface area contributed by atoms with E-state index in [4.69, 9.17) is 0 Å². The van der Waals surface area contributed by atoms with Gasteiger partial charge in [0.25, 0.3) is 0 Å². The number of piperidine rings is 3. The van der Waals surface area contributed by atoms with Crippen LogP contribution >= 0.6 is 0 Å². The molecule has 0 aliphatic carbocycles. The van der Waals surface area contributed by atoms with Crippen molar-refractivity contribution in [3.8, 4) is 0 Å². The maximum atomic E-state index is 3.84. The molecular weight excluding hydrogens is 220 g/mol. The Morgan fingerprint density at radius 2 is 1.83 bits per heavy atom. The van der Waals surface area contributed by atoms with Crippen molar-refractivity contribution < 1.29 is 0 Å². The molecule has 0 saturated carbocycles. The van der Waals surface area contributed by atoms with Crippen LogP contribution in [-0.2, 0) is 0 Å². The number of hydrogen-bond acceptors (Lipinski definition) is 2. The zero-order valence-electron chi connectivity index (χ0n) is 11.5. The topological polar surface area (TPSA) is 15.3 Å². The number of benzene rings is 1. The monoisotopic (exact) mass is 244 g/mol. The molecule has 98 valence electrons. The lowest BCUT2D eigenvalue weighted by molar-refractivity contribution is 0.0680. The van der Waals surface area contributed by atoms with E-state index in [0.29, 0.717) is 12.1 Å². The number of nitrogens with zero attached hydrogens (tertiary/aromatic N) is 1. The molecule has 3 heterocycles. The maximum absolute atomic E-state index is 3.84. The van der Waals surface area contributed by atoms with Crippen LogP contribution in [0.15, 0.2) is 24.3 Å². The predicted octanol–water partition coefficient (Wildman–Crippen LogP) is 2.74. The minimum Gasteiger partial charge on any atom is -0.306 e. The Balaban J connectivity index is 1.64. The molecule has 2 heteroatoms. The Morgan fingerprint density at radius 1 is 1.17 bits per heavy atom. The molecule has 0 radical (unpaired) electrons. The lowest BCUT2D eigenvalue weighted by Crippen LogP contribution is -2.56. The summed E-state index contributed by atoms with van der Waals surface area (Å²) >= 11 is 0. The largest absolute Gasteiger partial charge is 0.306 e. The van der Waals surface area contributed by atoms with Crippen molar-refractivity contribution in [2.75, 3.05) is 19.6 Å². The molecule has 1 N–H and O–H groups in total. The summed E-state index contributed by atoms with van der Waals surface area (Å²) in [5.74, 6) is 0.905. The number of rotatable bonds is 3. The van der Waals surface area contributed by atoms with Crippen LogP contribution in [0.5, 0.6) is 0 Å². The van der Waals surface area contributed by atoms with E-state index in [0.717, 1.165) is 5.92 Å². The summed E-state index contributed by atoms with van der Waals surface area (Å²) in [6.07, 6.45) is 2.77. The highest BCUT2D eigenvalue weighted by molar-refractivity contribution is 5.23. The maximum Gasteiger partial charge on any atom is 0.0295 e. The summed E-state index contributed by atoms with van der Waals surface area (Å²) in [5, 5.41) is 3.84. The van der Waals surface area contributed by atoms with Crippen LogP contribution in [0.25, 0.3) is 0 Å². The first-order valence-corrected chi connectivity index (χ1v) is 7.27. The zero-order chi connectivity index (χ0) is 12.5. The van der Waals surface area contributed by atoms with Crippen molar-refractivity contribution >= 4 is 0 Å². The molecule has 0 aromatic heterocycles. The van der Waals surface area contributed by atoms with E-state index in [1.54, 1.807) is 0 Å². The van der Waals surface area contributed by atoms with Gasteiger partial charge in [-0.1, -0.05) is 29.8 Å². The van der Waals surface area contributed by atoms with E-state index in [1.807, 2.05) is 0 Å². The lowest BCUT2D eigenvalue weighted by atomic mass is 9.83. The molecule has 18 heavy (non-hydrogen) atoms. The van der Waals surface area contributed by atoms with Crippen molar-refractivity contribution in [3.05, 3.63) is 35.4 Å². The average molecular weight is 244 g/mol. The third-order valence-corrected chi connectivity index (χ3v) is 4.70. The van der Waals surface area contributed by atoms with Gasteiger partial charge in [-0.2, -0.15) is 0 Å². The van der Waals surface area contributed by atoms with Crippen molar-refractivity contribution in [2.45, 2.75) is 38.8 Å². The quantitative estimate of drug-likeness (QED) is 0.879. The molecule has 3 aliphatic heterocycles. The summed E-state index contributed by atoms with van der Waals surface area (Å²) in [6, 6.07) is 10.1. The Hall–Kier alpha value is -0.860. The van der Waals surface area contributed by atoms with Crippen molar-refractivity contribution in [1.29, 1.82) is 0 Å². The van der Waals surface area contributed by atoms with Crippen LogP contribution in [0.2, 0.25) is 0 Å². The van der Waals surface area contributed by atoms with Gasteiger partial charge < -0.3 is 10.2 Å². The Bertz CT molecular complexity index is 390. The number of fused-ring (bicyclic) bond motifs is 3. The zero-order valence-corrected chi connectivity index (χ0v) is 11.5. The van der Waals surface area contributed by atoms with Gasteiger partial charge in [-0.05, 0) is 51.3 Å². The standard InChI is InChI=1S/C16H24N2/c1-12-3-5-14(6-4-12)13(2)17-16-11-18-9-7-15(16)8-10-18/h3-6,13,15-17H,7-11H2,1-2H3/t13-,16?/m1/s1. The fourth-order valence-electron chi connectivity index (χ4n) is 3.43. The molecule has 1 unspecified atom stereocenters. The molecule has 3 saturated heterocycles. The van der Waals surface area contributed by atoms with Crippen LogP contribution in [-0.4, -0.2) is 30.6 Å². The van der Waals surface area contributed by atoms with Gasteiger partial charge in [-0.25, -0.2) is 0 Å². The molecule has 1 aromatic carbocycles. The highest BCUT2D eigenvalue weighted by Crippen LogP contribution is 2.29. The van der Waals surface area contributed by atoms with Crippen LogP contribution < -0.4 is 5.32 Å². The van der Waals surface area contributed by atoms with Gasteiger partial charge in [0.1, 0.15) is 0 Å². The second-order valence-corrected chi connectivity index (χ2v) is 6.04. The normalized spacial score (nSPS) is 32.4. The SMILES string of the molecule is Cc1ccc([C@@H](C)NC2CN3CCC2CC3)cc1. The van der Waals surface area contributed by atoms with Gasteiger partial charge in [0.2, 0.25) is 0 Å². The summed E-state index contributed by atoms with van der Waals surface area (Å²) in [6.45, 7) is 8.34. The van der Waals surface area contributed by atoms with Gasteiger partial charge in [-0.3, -0.25) is 0 Å². The van der Waals surface area contributed by atoms with Crippen LogP contribution in [0.3, 0.4) is 0 Å². The van der Waals surface area contributed by atoms with Crippen LogP contribution in [0.4, 0.5) is 0 Å². The molecular formula is C16H24N2.